The lowest BCUT2D eigenvalue weighted by molar-refractivity contribution is 0.0526. The molecule has 2 aromatic heterocycles. The molecule has 0 aliphatic rings. The highest BCUT2D eigenvalue weighted by molar-refractivity contribution is 6.33. The second kappa shape index (κ2) is 6.92. The smallest absolute Gasteiger partial charge is 0.338 e. The lowest BCUT2D eigenvalue weighted by Gasteiger charge is -2.10. The summed E-state index contributed by atoms with van der Waals surface area (Å²) < 4.78 is 6.91. The van der Waals surface area contributed by atoms with Crippen LogP contribution in [0.3, 0.4) is 0 Å². The van der Waals surface area contributed by atoms with Crippen molar-refractivity contribution in [1.29, 1.82) is 0 Å². The maximum atomic E-state index is 11.8. The van der Waals surface area contributed by atoms with Gasteiger partial charge in [0.05, 0.1) is 28.6 Å². The molecule has 0 aliphatic heterocycles. The van der Waals surface area contributed by atoms with Crippen molar-refractivity contribution in [2.24, 2.45) is 0 Å². The van der Waals surface area contributed by atoms with Gasteiger partial charge in [0, 0.05) is 12.2 Å². The van der Waals surface area contributed by atoms with Crippen LogP contribution in [0.4, 0.5) is 0 Å². The summed E-state index contributed by atoms with van der Waals surface area (Å²) in [5.74, 6) is -0.375. The van der Waals surface area contributed by atoms with Crippen LogP contribution in [0, 0.1) is 6.92 Å². The SMILES string of the molecule is CCOC(=O)c1ccnc(-c2nn(C(C)CC)c(C)c2Cl)c1. The van der Waals surface area contributed by atoms with Crippen molar-refractivity contribution >= 4 is 17.6 Å². The number of pyridine rings is 1. The lowest BCUT2D eigenvalue weighted by Crippen LogP contribution is -2.07. The zero-order valence-electron chi connectivity index (χ0n) is 13.3. The summed E-state index contributed by atoms with van der Waals surface area (Å²) in [6, 6.07) is 3.53. The quantitative estimate of drug-likeness (QED) is 0.779. The monoisotopic (exact) mass is 321 g/mol. The number of ether oxygens (including phenoxy) is 1. The van der Waals surface area contributed by atoms with Crippen molar-refractivity contribution < 1.29 is 9.53 Å². The van der Waals surface area contributed by atoms with Crippen LogP contribution in [0.15, 0.2) is 18.3 Å². The molecule has 5 nitrogen and oxygen atoms in total. The third-order valence-electron chi connectivity index (χ3n) is 3.60. The molecular weight excluding hydrogens is 302 g/mol. The molecule has 0 radical (unpaired) electrons. The molecule has 2 rings (SSSR count). The number of halogens is 1. The summed E-state index contributed by atoms with van der Waals surface area (Å²) in [4.78, 5) is 16.1. The highest BCUT2D eigenvalue weighted by atomic mass is 35.5. The Morgan fingerprint density at radius 1 is 1.45 bits per heavy atom. The Hall–Kier alpha value is -1.88. The van der Waals surface area contributed by atoms with Gasteiger partial charge in [0.15, 0.2) is 0 Å². The fraction of sp³-hybridized carbons (Fsp3) is 0.438. The van der Waals surface area contributed by atoms with Crippen molar-refractivity contribution in [1.82, 2.24) is 14.8 Å². The van der Waals surface area contributed by atoms with Crippen LogP contribution in [-0.4, -0.2) is 27.3 Å². The van der Waals surface area contributed by atoms with E-state index in [1.54, 1.807) is 25.3 Å². The summed E-state index contributed by atoms with van der Waals surface area (Å²) >= 11 is 6.40. The minimum atomic E-state index is -0.375. The molecule has 0 fully saturated rings. The van der Waals surface area contributed by atoms with Gasteiger partial charge >= 0.3 is 5.97 Å². The Morgan fingerprint density at radius 2 is 2.18 bits per heavy atom. The third kappa shape index (κ3) is 3.14. The molecule has 6 heteroatoms. The molecule has 0 bridgehead atoms. The van der Waals surface area contributed by atoms with Crippen molar-refractivity contribution in [3.63, 3.8) is 0 Å². The second-order valence-corrected chi connectivity index (χ2v) is 5.48. The molecule has 2 heterocycles. The van der Waals surface area contributed by atoms with E-state index in [1.807, 2.05) is 11.6 Å². The van der Waals surface area contributed by atoms with Gasteiger partial charge < -0.3 is 4.74 Å². The van der Waals surface area contributed by atoms with Crippen molar-refractivity contribution in [2.45, 2.75) is 40.2 Å². The zero-order valence-corrected chi connectivity index (χ0v) is 14.0. The predicted molar refractivity (Wildman–Crippen MR) is 86.2 cm³/mol. The molecule has 0 aromatic carbocycles. The van der Waals surface area contributed by atoms with Gasteiger partial charge in [-0.3, -0.25) is 9.67 Å². The zero-order chi connectivity index (χ0) is 16.3. The van der Waals surface area contributed by atoms with Crippen molar-refractivity contribution in [3.8, 4) is 11.4 Å². The second-order valence-electron chi connectivity index (χ2n) is 5.10. The van der Waals surface area contributed by atoms with Gasteiger partial charge in [0.25, 0.3) is 0 Å². The summed E-state index contributed by atoms with van der Waals surface area (Å²) in [5, 5.41) is 5.13. The van der Waals surface area contributed by atoms with Crippen LogP contribution in [-0.2, 0) is 4.74 Å². The van der Waals surface area contributed by atoms with E-state index >= 15 is 0 Å². The number of carbonyl (C=O) groups is 1. The largest absolute Gasteiger partial charge is 0.462 e. The number of hydrogen-bond acceptors (Lipinski definition) is 4. The van der Waals surface area contributed by atoms with Crippen molar-refractivity contribution in [3.05, 3.63) is 34.6 Å². The minimum absolute atomic E-state index is 0.250. The maximum Gasteiger partial charge on any atom is 0.338 e. The molecule has 0 saturated carbocycles. The topological polar surface area (TPSA) is 57.0 Å². The Bertz CT molecular complexity index is 682. The van der Waals surface area contributed by atoms with E-state index in [0.29, 0.717) is 28.6 Å². The Kier molecular flexibility index (Phi) is 5.19. The number of rotatable bonds is 5. The first kappa shape index (κ1) is 16.5. The van der Waals surface area contributed by atoms with Gasteiger partial charge in [-0.1, -0.05) is 18.5 Å². The predicted octanol–water partition coefficient (Wildman–Crippen LogP) is 4.05. The lowest BCUT2D eigenvalue weighted by atomic mass is 10.2. The normalized spacial score (nSPS) is 12.2. The van der Waals surface area contributed by atoms with E-state index in [1.165, 1.54) is 0 Å². The average molecular weight is 322 g/mol. The molecule has 1 unspecified atom stereocenters. The molecule has 0 N–H and O–H groups in total. The van der Waals surface area contributed by atoms with E-state index in [0.717, 1.165) is 12.1 Å². The standard InChI is InChI=1S/C16H20ClN3O2/c1-5-10(3)20-11(4)14(17)15(19-20)13-9-12(7-8-18-13)16(21)22-6-2/h7-10H,5-6H2,1-4H3. The number of carbonyl (C=O) groups excluding carboxylic acids is 1. The molecule has 22 heavy (non-hydrogen) atoms. The number of hydrogen-bond donors (Lipinski definition) is 0. The van der Waals surface area contributed by atoms with Gasteiger partial charge in [0.1, 0.15) is 5.69 Å². The van der Waals surface area contributed by atoms with Crippen LogP contribution in [0.25, 0.3) is 11.4 Å². The first-order valence-corrected chi connectivity index (χ1v) is 7.75. The van der Waals surface area contributed by atoms with Crippen LogP contribution < -0.4 is 0 Å². The maximum absolute atomic E-state index is 11.8. The van der Waals surface area contributed by atoms with E-state index < -0.39 is 0 Å². The molecule has 2 aromatic rings. The van der Waals surface area contributed by atoms with Crippen LogP contribution >= 0.6 is 11.6 Å². The van der Waals surface area contributed by atoms with Gasteiger partial charge in [-0.05, 0) is 39.3 Å². The molecule has 1 atom stereocenters. The van der Waals surface area contributed by atoms with Gasteiger partial charge in [-0.25, -0.2) is 4.79 Å². The Morgan fingerprint density at radius 3 is 2.82 bits per heavy atom. The van der Waals surface area contributed by atoms with Gasteiger partial charge in [-0.2, -0.15) is 5.10 Å². The van der Waals surface area contributed by atoms with Gasteiger partial charge in [0.2, 0.25) is 0 Å². The fourth-order valence-corrected chi connectivity index (χ4v) is 2.39. The van der Waals surface area contributed by atoms with E-state index in [9.17, 15) is 4.79 Å². The molecule has 118 valence electrons. The fourth-order valence-electron chi connectivity index (χ4n) is 2.17. The Balaban J connectivity index is 2.44. The van der Waals surface area contributed by atoms with Crippen LogP contribution in [0.5, 0.6) is 0 Å². The molecular formula is C16H20ClN3O2. The molecule has 0 amide bonds. The number of nitrogens with zero attached hydrogens (tertiary/aromatic N) is 3. The summed E-state index contributed by atoms with van der Waals surface area (Å²) in [7, 11) is 0. The first-order chi connectivity index (χ1) is 10.5. The molecule has 0 spiro atoms. The highest BCUT2D eigenvalue weighted by Gasteiger charge is 2.19. The number of esters is 1. The van der Waals surface area contributed by atoms with Crippen LogP contribution in [0.2, 0.25) is 5.02 Å². The summed E-state index contributed by atoms with van der Waals surface area (Å²) in [6.07, 6.45) is 2.52. The van der Waals surface area contributed by atoms with Crippen LogP contribution in [0.1, 0.15) is 49.3 Å². The number of aromatic nitrogens is 3. The average Bonchev–Trinajstić information content (AvgIpc) is 2.83. The molecule has 0 saturated heterocycles. The highest BCUT2D eigenvalue weighted by Crippen LogP contribution is 2.31. The molecule has 0 aliphatic carbocycles. The van der Waals surface area contributed by atoms with E-state index in [4.69, 9.17) is 16.3 Å². The third-order valence-corrected chi connectivity index (χ3v) is 4.05. The van der Waals surface area contributed by atoms with E-state index in [2.05, 4.69) is 23.9 Å². The van der Waals surface area contributed by atoms with Crippen molar-refractivity contribution in [2.75, 3.05) is 6.61 Å². The first-order valence-electron chi connectivity index (χ1n) is 7.37. The minimum Gasteiger partial charge on any atom is -0.462 e. The van der Waals surface area contributed by atoms with E-state index in [-0.39, 0.29) is 12.0 Å². The summed E-state index contributed by atoms with van der Waals surface area (Å²) in [5.41, 5.74) is 2.50. The Labute approximate surface area is 135 Å². The summed E-state index contributed by atoms with van der Waals surface area (Å²) in [6.45, 7) is 8.22. The van der Waals surface area contributed by atoms with Gasteiger partial charge in [-0.15, -0.1) is 0 Å².